The fourth-order valence-corrected chi connectivity index (χ4v) is 5.22. The largest absolute Gasteiger partial charge is 0.480 e. The summed E-state index contributed by atoms with van der Waals surface area (Å²) in [7, 11) is 0. The second-order valence-corrected chi connectivity index (χ2v) is 11.2. The minimum absolute atomic E-state index is 0.0208. The first-order valence-corrected chi connectivity index (χ1v) is 14.7. The lowest BCUT2D eigenvalue weighted by molar-refractivity contribution is -0.142. The molecule has 4 rings (SSSR count). The van der Waals surface area contributed by atoms with Crippen molar-refractivity contribution >= 4 is 45.5 Å². The molecule has 0 spiro atoms. The number of H-pyrrole nitrogens is 2. The van der Waals surface area contributed by atoms with Gasteiger partial charge >= 0.3 is 5.97 Å². The molecule has 12 nitrogen and oxygen atoms in total. The number of nitrogens with two attached hydrogens (primary N) is 1. The molecule has 0 radical (unpaired) electrons. The number of hydrogen-bond acceptors (Lipinski definition) is 6. The minimum Gasteiger partial charge on any atom is -0.480 e. The van der Waals surface area contributed by atoms with Crippen molar-refractivity contribution in [1.29, 1.82) is 0 Å². The quantitative estimate of drug-likeness (QED) is 0.107. The third kappa shape index (κ3) is 7.44. The molecule has 0 aliphatic heterocycles. The molecule has 12 heteroatoms. The maximum Gasteiger partial charge on any atom is 0.326 e. The lowest BCUT2D eigenvalue weighted by Crippen LogP contribution is -2.61. The third-order valence-corrected chi connectivity index (χ3v) is 8.02. The fourth-order valence-electron chi connectivity index (χ4n) is 5.22. The van der Waals surface area contributed by atoms with Crippen molar-refractivity contribution in [2.45, 2.75) is 70.3 Å². The van der Waals surface area contributed by atoms with Gasteiger partial charge in [-0.05, 0) is 42.5 Å². The molecule has 6 unspecified atom stereocenters. The summed E-state index contributed by atoms with van der Waals surface area (Å²) in [6.07, 6.45) is 2.87. The van der Waals surface area contributed by atoms with E-state index < -0.39 is 59.9 Å². The number of hydrogen-bond donors (Lipinski definition) is 8. The molecule has 6 atom stereocenters. The van der Waals surface area contributed by atoms with Gasteiger partial charge in [0.2, 0.25) is 17.7 Å². The molecule has 4 aromatic rings. The number of benzene rings is 2. The maximum atomic E-state index is 13.4. The molecule has 3 amide bonds. The first-order valence-electron chi connectivity index (χ1n) is 14.7. The Morgan fingerprint density at radius 2 is 1.27 bits per heavy atom. The number of aromatic nitrogens is 2. The van der Waals surface area contributed by atoms with E-state index in [1.54, 1.807) is 19.3 Å². The Bertz CT molecular complexity index is 1630. The number of aromatic amines is 2. The second-order valence-electron chi connectivity index (χ2n) is 11.2. The summed E-state index contributed by atoms with van der Waals surface area (Å²) in [6, 6.07) is 10.2. The first-order chi connectivity index (χ1) is 21.0. The second kappa shape index (κ2) is 14.2. The Hall–Kier alpha value is -4.68. The van der Waals surface area contributed by atoms with Crippen molar-refractivity contribution in [3.63, 3.8) is 0 Å². The highest BCUT2D eigenvalue weighted by atomic mass is 16.4. The van der Waals surface area contributed by atoms with Crippen molar-refractivity contribution in [1.82, 2.24) is 25.9 Å². The summed E-state index contributed by atoms with van der Waals surface area (Å²) in [5.74, 6) is -3.75. The van der Waals surface area contributed by atoms with E-state index >= 15 is 0 Å². The number of fused-ring (bicyclic) bond motifs is 2. The predicted octanol–water partition coefficient (Wildman–Crippen LogP) is 1.73. The van der Waals surface area contributed by atoms with Crippen LogP contribution < -0.4 is 21.7 Å². The zero-order valence-electron chi connectivity index (χ0n) is 25.0. The monoisotopic (exact) mass is 604 g/mol. The number of rotatable bonds is 14. The Labute approximate surface area is 254 Å². The van der Waals surface area contributed by atoms with E-state index in [0.29, 0.717) is 6.42 Å². The van der Waals surface area contributed by atoms with Gasteiger partial charge in [0.05, 0.1) is 12.1 Å². The van der Waals surface area contributed by atoms with Crippen molar-refractivity contribution in [3.05, 3.63) is 72.1 Å². The average molecular weight is 605 g/mol. The number of aliphatic hydroxyl groups is 1. The Balaban J connectivity index is 1.43. The number of carboxylic acids is 1. The van der Waals surface area contributed by atoms with Gasteiger partial charge in [-0.1, -0.05) is 56.7 Å². The van der Waals surface area contributed by atoms with Gasteiger partial charge in [-0.2, -0.15) is 0 Å². The molecule has 0 aliphatic carbocycles. The summed E-state index contributed by atoms with van der Waals surface area (Å²) >= 11 is 0. The van der Waals surface area contributed by atoms with Gasteiger partial charge in [0, 0.05) is 40.6 Å². The number of carbonyl (C=O) groups excluding carboxylic acids is 3. The van der Waals surface area contributed by atoms with Crippen LogP contribution in [-0.4, -0.2) is 74.1 Å². The van der Waals surface area contributed by atoms with Crippen molar-refractivity contribution in [2.75, 3.05) is 0 Å². The Morgan fingerprint density at radius 3 is 1.80 bits per heavy atom. The molecule has 2 heterocycles. The Morgan fingerprint density at radius 1 is 0.773 bits per heavy atom. The highest BCUT2D eigenvalue weighted by Gasteiger charge is 2.34. The number of aliphatic hydroxyl groups excluding tert-OH is 1. The summed E-state index contributed by atoms with van der Waals surface area (Å²) in [4.78, 5) is 58.2. The lowest BCUT2D eigenvalue weighted by Gasteiger charge is -2.29. The minimum atomic E-state index is -1.41. The fraction of sp³-hybridized carbons (Fsp3) is 0.375. The highest BCUT2D eigenvalue weighted by molar-refractivity contribution is 5.95. The molecule has 9 N–H and O–H groups in total. The van der Waals surface area contributed by atoms with Crippen LogP contribution >= 0.6 is 0 Å². The summed E-state index contributed by atoms with van der Waals surface area (Å²) in [5.41, 5.74) is 9.47. The number of carbonyl (C=O) groups is 4. The van der Waals surface area contributed by atoms with Crippen molar-refractivity contribution in [2.24, 2.45) is 11.7 Å². The lowest BCUT2D eigenvalue weighted by atomic mass is 9.96. The molecule has 0 saturated carbocycles. The molecule has 0 bridgehead atoms. The zero-order valence-corrected chi connectivity index (χ0v) is 25.0. The van der Waals surface area contributed by atoms with Gasteiger partial charge < -0.3 is 41.9 Å². The topological polar surface area (TPSA) is 202 Å². The molecule has 44 heavy (non-hydrogen) atoms. The van der Waals surface area contributed by atoms with E-state index in [2.05, 4.69) is 25.9 Å². The molecule has 0 saturated heterocycles. The Kier molecular flexibility index (Phi) is 10.4. The summed E-state index contributed by atoms with van der Waals surface area (Å²) < 4.78 is 0. The van der Waals surface area contributed by atoms with Gasteiger partial charge in [-0.25, -0.2) is 4.79 Å². The number of amides is 3. The standard InChI is InChI=1S/C32H40N6O6/c1-4-17(2)27(30(41)36-26(32(43)44)14-20-16-35-25-12-8-6-10-22(20)25)37-31(42)28(18(3)39)38-29(40)23(33)13-19-15-34-24-11-7-5-9-21(19)24/h5-12,15-18,23,26-28,34-35,39H,4,13-14,33H2,1-3H3,(H,36,41)(H,37,42)(H,38,40)(H,43,44). The zero-order chi connectivity index (χ0) is 32.0. The van der Waals surface area contributed by atoms with E-state index in [0.717, 1.165) is 32.9 Å². The summed E-state index contributed by atoms with van der Waals surface area (Å²) in [6.45, 7) is 4.91. The number of aliphatic carboxylic acids is 1. The number of nitrogens with one attached hydrogen (secondary N) is 5. The van der Waals surface area contributed by atoms with Crippen LogP contribution in [0.15, 0.2) is 60.9 Å². The molecule has 2 aromatic carbocycles. The van der Waals surface area contributed by atoms with Crippen LogP contribution in [0.1, 0.15) is 38.3 Å². The van der Waals surface area contributed by atoms with Crippen molar-refractivity contribution in [3.8, 4) is 0 Å². The van der Waals surface area contributed by atoms with E-state index in [9.17, 15) is 29.4 Å². The van der Waals surface area contributed by atoms with E-state index in [1.165, 1.54) is 6.92 Å². The van der Waals surface area contributed by atoms with Crippen LogP contribution in [0.3, 0.4) is 0 Å². The van der Waals surface area contributed by atoms with Gasteiger partial charge in [0.15, 0.2) is 0 Å². The number of carboxylic acid groups (broad SMARTS) is 1. The van der Waals surface area contributed by atoms with Crippen LogP contribution in [0, 0.1) is 5.92 Å². The molecule has 2 aromatic heterocycles. The van der Waals surface area contributed by atoms with E-state index in [-0.39, 0.29) is 12.8 Å². The maximum absolute atomic E-state index is 13.4. The average Bonchev–Trinajstić information content (AvgIpc) is 3.61. The molecule has 0 fully saturated rings. The van der Waals surface area contributed by atoms with Crippen LogP contribution in [0.4, 0.5) is 0 Å². The summed E-state index contributed by atoms with van der Waals surface area (Å²) in [5, 5.41) is 29.8. The smallest absolute Gasteiger partial charge is 0.326 e. The molecular formula is C32H40N6O6. The van der Waals surface area contributed by atoms with Gasteiger partial charge in [-0.15, -0.1) is 0 Å². The van der Waals surface area contributed by atoms with Crippen LogP contribution in [-0.2, 0) is 32.0 Å². The molecule has 234 valence electrons. The highest BCUT2D eigenvalue weighted by Crippen LogP contribution is 2.20. The normalized spacial score (nSPS) is 15.6. The van der Waals surface area contributed by atoms with Crippen LogP contribution in [0.25, 0.3) is 21.8 Å². The van der Waals surface area contributed by atoms with Gasteiger partial charge in [0.25, 0.3) is 0 Å². The number of para-hydroxylation sites is 2. The van der Waals surface area contributed by atoms with Crippen LogP contribution in [0.5, 0.6) is 0 Å². The first kappa shape index (κ1) is 32.2. The predicted molar refractivity (Wildman–Crippen MR) is 167 cm³/mol. The van der Waals surface area contributed by atoms with E-state index in [1.807, 2.05) is 55.5 Å². The third-order valence-electron chi connectivity index (χ3n) is 8.02. The SMILES string of the molecule is CCC(C)C(NC(=O)C(NC(=O)C(N)Cc1c[nH]c2ccccc12)C(C)O)C(=O)NC(Cc1c[nH]c2ccccc12)C(=O)O. The molecular weight excluding hydrogens is 564 g/mol. The molecule has 0 aliphatic rings. The van der Waals surface area contributed by atoms with Gasteiger partial charge in [-0.3, -0.25) is 14.4 Å². The van der Waals surface area contributed by atoms with Gasteiger partial charge in [0.1, 0.15) is 18.1 Å². The van der Waals surface area contributed by atoms with E-state index in [4.69, 9.17) is 5.73 Å². The van der Waals surface area contributed by atoms with Crippen LogP contribution in [0.2, 0.25) is 0 Å². The van der Waals surface area contributed by atoms with Crippen molar-refractivity contribution < 1.29 is 29.4 Å².